The monoisotopic (exact) mass is 388 g/mol. The second kappa shape index (κ2) is 8.40. The Morgan fingerprint density at radius 2 is 1.89 bits per heavy atom. The average Bonchev–Trinajstić information content (AvgIpc) is 2.65. The number of benzene rings is 2. The van der Waals surface area contributed by atoms with Crippen LogP contribution in [-0.2, 0) is 21.4 Å². The number of carbonyl (C=O) groups is 1. The van der Waals surface area contributed by atoms with Crippen molar-refractivity contribution in [2.24, 2.45) is 11.8 Å². The minimum Gasteiger partial charge on any atom is -0.352 e. The molecule has 1 fully saturated rings. The van der Waals surface area contributed by atoms with Crippen LogP contribution in [-0.4, -0.2) is 38.0 Å². The summed E-state index contributed by atoms with van der Waals surface area (Å²) in [6.07, 6.45) is 3.35. The summed E-state index contributed by atoms with van der Waals surface area (Å²) in [5, 5.41) is 5.38. The maximum atomic E-state index is 12.5. The van der Waals surface area contributed by atoms with E-state index in [4.69, 9.17) is 0 Å². The predicted molar refractivity (Wildman–Crippen MR) is 109 cm³/mol. The highest BCUT2D eigenvalue weighted by Gasteiger charge is 2.33. The van der Waals surface area contributed by atoms with Gasteiger partial charge in [0.1, 0.15) is 0 Å². The van der Waals surface area contributed by atoms with Crippen molar-refractivity contribution in [2.45, 2.75) is 32.7 Å². The van der Waals surface area contributed by atoms with Crippen LogP contribution in [0, 0.1) is 11.8 Å². The highest BCUT2D eigenvalue weighted by atomic mass is 32.2. The Kier molecular flexibility index (Phi) is 6.17. The van der Waals surface area contributed by atoms with Gasteiger partial charge in [-0.2, -0.15) is 0 Å². The van der Waals surface area contributed by atoms with Crippen molar-refractivity contribution < 1.29 is 13.2 Å². The van der Waals surface area contributed by atoms with Crippen molar-refractivity contribution in [3.63, 3.8) is 0 Å². The normalized spacial score (nSPS) is 21.3. The number of hydrogen-bond acceptors (Lipinski definition) is 3. The third kappa shape index (κ3) is 4.87. The quantitative estimate of drug-likeness (QED) is 0.827. The standard InChI is InChI=1S/C21H28N2O3S/c1-3-16-15-23(27(2,25)26)12-11-18(16)13-21(24)22-14-19-9-6-8-17-7-4-5-10-20(17)19/h4-10,16,18H,3,11-15H2,1-2H3,(H,22,24)/t16-,18+/m1/s1. The number of hydrogen-bond donors (Lipinski definition) is 1. The van der Waals surface area contributed by atoms with E-state index in [1.807, 2.05) is 24.3 Å². The summed E-state index contributed by atoms with van der Waals surface area (Å²) in [6.45, 7) is 3.61. The molecule has 0 unspecified atom stereocenters. The highest BCUT2D eigenvalue weighted by Crippen LogP contribution is 2.30. The van der Waals surface area contributed by atoms with Gasteiger partial charge in [-0.05, 0) is 34.6 Å². The molecule has 2 atom stereocenters. The van der Waals surface area contributed by atoms with Crippen LogP contribution in [0.3, 0.4) is 0 Å². The zero-order valence-electron chi connectivity index (χ0n) is 16.0. The molecule has 1 aliphatic heterocycles. The van der Waals surface area contributed by atoms with Crippen LogP contribution in [0.5, 0.6) is 0 Å². The first-order valence-electron chi connectivity index (χ1n) is 9.57. The van der Waals surface area contributed by atoms with Crippen LogP contribution in [0.2, 0.25) is 0 Å². The van der Waals surface area contributed by atoms with E-state index in [0.717, 1.165) is 23.8 Å². The number of nitrogens with one attached hydrogen (secondary N) is 1. The van der Waals surface area contributed by atoms with E-state index < -0.39 is 10.0 Å². The fraction of sp³-hybridized carbons (Fsp3) is 0.476. The molecule has 3 rings (SSSR count). The van der Waals surface area contributed by atoms with Gasteiger partial charge >= 0.3 is 0 Å². The summed E-state index contributed by atoms with van der Waals surface area (Å²) in [4.78, 5) is 12.5. The van der Waals surface area contributed by atoms with Crippen LogP contribution in [0.25, 0.3) is 10.8 Å². The van der Waals surface area contributed by atoms with E-state index in [2.05, 4.69) is 30.4 Å². The number of rotatable bonds is 6. The third-order valence-corrected chi connectivity index (χ3v) is 6.92. The molecule has 146 valence electrons. The van der Waals surface area contributed by atoms with Gasteiger partial charge in [0.05, 0.1) is 6.26 Å². The number of amides is 1. The zero-order valence-corrected chi connectivity index (χ0v) is 16.8. The van der Waals surface area contributed by atoms with Crippen molar-refractivity contribution in [3.05, 3.63) is 48.0 Å². The van der Waals surface area contributed by atoms with Crippen LogP contribution < -0.4 is 5.32 Å². The molecule has 1 N–H and O–H groups in total. The number of fused-ring (bicyclic) bond motifs is 1. The van der Waals surface area contributed by atoms with Gasteiger partial charge in [0, 0.05) is 26.1 Å². The van der Waals surface area contributed by atoms with E-state index in [1.165, 1.54) is 11.6 Å². The molecule has 0 bridgehead atoms. The van der Waals surface area contributed by atoms with Gasteiger partial charge in [-0.15, -0.1) is 0 Å². The highest BCUT2D eigenvalue weighted by molar-refractivity contribution is 7.88. The Morgan fingerprint density at radius 3 is 2.63 bits per heavy atom. The molecule has 1 amide bonds. The van der Waals surface area contributed by atoms with Crippen molar-refractivity contribution >= 4 is 26.7 Å². The molecular formula is C21H28N2O3S. The third-order valence-electron chi connectivity index (χ3n) is 5.65. The lowest BCUT2D eigenvalue weighted by Crippen LogP contribution is -2.44. The van der Waals surface area contributed by atoms with E-state index in [9.17, 15) is 13.2 Å². The van der Waals surface area contributed by atoms with Gasteiger partial charge in [0.15, 0.2) is 0 Å². The Bertz CT molecular complexity index is 905. The molecule has 2 aromatic rings. The number of nitrogens with zero attached hydrogens (tertiary/aromatic N) is 1. The fourth-order valence-corrected chi connectivity index (χ4v) is 4.93. The molecule has 1 heterocycles. The van der Waals surface area contributed by atoms with Gasteiger partial charge in [0.2, 0.25) is 15.9 Å². The largest absolute Gasteiger partial charge is 0.352 e. The molecule has 0 aromatic heterocycles. The summed E-state index contributed by atoms with van der Waals surface area (Å²) < 4.78 is 25.1. The Hall–Kier alpha value is -1.92. The lowest BCUT2D eigenvalue weighted by Gasteiger charge is -2.36. The first kappa shape index (κ1) is 19.8. The Balaban J connectivity index is 1.59. The molecular weight excluding hydrogens is 360 g/mol. The summed E-state index contributed by atoms with van der Waals surface area (Å²) in [5.74, 6) is 0.511. The van der Waals surface area contributed by atoms with E-state index in [1.54, 1.807) is 4.31 Å². The maximum Gasteiger partial charge on any atom is 0.220 e. The van der Waals surface area contributed by atoms with Gasteiger partial charge in [-0.3, -0.25) is 4.79 Å². The van der Waals surface area contributed by atoms with Crippen LogP contribution in [0.15, 0.2) is 42.5 Å². The topological polar surface area (TPSA) is 66.5 Å². The molecule has 0 spiro atoms. The Morgan fingerprint density at radius 1 is 1.15 bits per heavy atom. The number of piperidine rings is 1. The average molecular weight is 389 g/mol. The summed E-state index contributed by atoms with van der Waals surface area (Å²) in [7, 11) is -3.16. The molecule has 0 saturated carbocycles. The summed E-state index contributed by atoms with van der Waals surface area (Å²) in [5.41, 5.74) is 1.11. The van der Waals surface area contributed by atoms with Gasteiger partial charge in [-0.25, -0.2) is 12.7 Å². The SMILES string of the molecule is CC[C@@H]1CN(S(C)(=O)=O)CC[C@H]1CC(=O)NCc1cccc2ccccc12. The summed E-state index contributed by atoms with van der Waals surface area (Å²) in [6, 6.07) is 14.3. The van der Waals surface area contributed by atoms with E-state index >= 15 is 0 Å². The smallest absolute Gasteiger partial charge is 0.220 e. The van der Waals surface area contributed by atoms with Crippen molar-refractivity contribution in [2.75, 3.05) is 19.3 Å². The first-order valence-corrected chi connectivity index (χ1v) is 11.4. The Labute approximate surface area is 161 Å². The van der Waals surface area contributed by atoms with Crippen molar-refractivity contribution in [1.82, 2.24) is 9.62 Å². The predicted octanol–water partition coefficient (Wildman–Crippen LogP) is 3.15. The van der Waals surface area contributed by atoms with Gasteiger partial charge in [0.25, 0.3) is 0 Å². The second-order valence-corrected chi connectivity index (χ2v) is 9.44. The van der Waals surface area contributed by atoms with E-state index in [-0.39, 0.29) is 17.7 Å². The molecule has 27 heavy (non-hydrogen) atoms. The molecule has 0 radical (unpaired) electrons. The fourth-order valence-electron chi connectivity index (χ4n) is 4.03. The van der Waals surface area contributed by atoms with E-state index in [0.29, 0.717) is 26.1 Å². The zero-order chi connectivity index (χ0) is 19.4. The summed E-state index contributed by atoms with van der Waals surface area (Å²) >= 11 is 0. The molecule has 0 aliphatic carbocycles. The molecule has 1 aliphatic rings. The maximum absolute atomic E-state index is 12.5. The van der Waals surface area contributed by atoms with Gasteiger partial charge in [-0.1, -0.05) is 55.8 Å². The number of carbonyl (C=O) groups excluding carboxylic acids is 1. The molecule has 2 aromatic carbocycles. The lowest BCUT2D eigenvalue weighted by atomic mass is 9.82. The van der Waals surface area contributed by atoms with Crippen LogP contribution >= 0.6 is 0 Å². The van der Waals surface area contributed by atoms with Crippen LogP contribution in [0.4, 0.5) is 0 Å². The first-order chi connectivity index (χ1) is 12.9. The van der Waals surface area contributed by atoms with Crippen molar-refractivity contribution in [3.8, 4) is 0 Å². The second-order valence-electron chi connectivity index (χ2n) is 7.46. The minimum atomic E-state index is -3.16. The molecule has 1 saturated heterocycles. The van der Waals surface area contributed by atoms with Gasteiger partial charge < -0.3 is 5.32 Å². The molecule has 6 heteroatoms. The van der Waals surface area contributed by atoms with Crippen LogP contribution in [0.1, 0.15) is 31.7 Å². The van der Waals surface area contributed by atoms with Crippen molar-refractivity contribution in [1.29, 1.82) is 0 Å². The number of sulfonamides is 1. The minimum absolute atomic E-state index is 0.0409. The lowest BCUT2D eigenvalue weighted by molar-refractivity contribution is -0.122. The molecule has 5 nitrogen and oxygen atoms in total.